The number of hydrogen-bond acceptors (Lipinski definition) is 12. The van der Waals surface area contributed by atoms with Gasteiger partial charge in [0, 0.05) is 63.6 Å². The lowest BCUT2D eigenvalue weighted by Gasteiger charge is -2.33. The Labute approximate surface area is 249 Å². The number of aromatic nitrogens is 2. The Morgan fingerprint density at radius 1 is 1.05 bits per heavy atom. The number of nitrogens with zero attached hydrogens (tertiary/aromatic N) is 5. The highest BCUT2D eigenvalue weighted by atomic mass is 16.8. The van der Waals surface area contributed by atoms with E-state index in [-0.39, 0.29) is 18.3 Å². The quantitative estimate of drug-likeness (QED) is 0.161. The van der Waals surface area contributed by atoms with E-state index in [4.69, 9.17) is 36.0 Å². The predicted octanol–water partition coefficient (Wildman–Crippen LogP) is 1.40. The molecule has 4 heterocycles. The van der Waals surface area contributed by atoms with Gasteiger partial charge in [0.1, 0.15) is 12.2 Å². The average Bonchev–Trinajstić information content (AvgIpc) is 3.22. The molecule has 42 heavy (non-hydrogen) atoms. The van der Waals surface area contributed by atoms with Crippen LogP contribution in [0.5, 0.6) is 0 Å². The minimum atomic E-state index is -1.50. The van der Waals surface area contributed by atoms with Crippen LogP contribution in [-0.2, 0) is 27.3 Å². The second kappa shape index (κ2) is 15.7. The highest BCUT2D eigenvalue weighted by Gasteiger charge is 2.47. The van der Waals surface area contributed by atoms with Crippen molar-refractivity contribution < 1.29 is 24.4 Å². The van der Waals surface area contributed by atoms with Crippen LogP contribution in [0.15, 0.2) is 60.7 Å². The smallest absolute Gasteiger partial charge is 0.163 e. The van der Waals surface area contributed by atoms with E-state index >= 15 is 0 Å². The molecular formula is C30H49N7O5. The molecule has 2 aromatic heterocycles. The predicted molar refractivity (Wildman–Crippen MR) is 160 cm³/mol. The molecule has 0 unspecified atom stereocenters. The summed E-state index contributed by atoms with van der Waals surface area (Å²) in [7, 11) is 2.06. The Morgan fingerprint density at radius 3 is 2.19 bits per heavy atom. The van der Waals surface area contributed by atoms with Gasteiger partial charge in [-0.1, -0.05) is 12.1 Å². The summed E-state index contributed by atoms with van der Waals surface area (Å²) >= 11 is 0. The molecule has 2 saturated heterocycles. The van der Waals surface area contributed by atoms with Crippen LogP contribution in [0.2, 0.25) is 0 Å². The molecule has 0 aliphatic carbocycles. The fourth-order valence-corrected chi connectivity index (χ4v) is 4.86. The van der Waals surface area contributed by atoms with Crippen molar-refractivity contribution >= 4 is 0 Å². The van der Waals surface area contributed by atoms with Crippen LogP contribution in [0.25, 0.3) is 0 Å². The largest absolute Gasteiger partial charge is 0.400 e. The second-order valence-corrected chi connectivity index (χ2v) is 11.8. The Morgan fingerprint density at radius 2 is 1.64 bits per heavy atom. The normalized spacial score (nSPS) is 22.0. The van der Waals surface area contributed by atoms with Crippen molar-refractivity contribution in [2.24, 2.45) is 11.6 Å². The summed E-state index contributed by atoms with van der Waals surface area (Å²) in [6, 6.07) is 12.0. The Bertz CT molecular complexity index is 1040. The number of rotatable bonds is 12. The molecule has 0 bridgehead atoms. The van der Waals surface area contributed by atoms with Gasteiger partial charge in [-0.3, -0.25) is 19.8 Å². The van der Waals surface area contributed by atoms with Gasteiger partial charge in [0.15, 0.2) is 11.6 Å². The summed E-state index contributed by atoms with van der Waals surface area (Å²) in [4.78, 5) is 13.5. The van der Waals surface area contributed by atoms with E-state index in [0.717, 1.165) is 44.0 Å². The molecule has 0 saturated carbocycles. The zero-order chi connectivity index (χ0) is 30.8. The van der Waals surface area contributed by atoms with Crippen LogP contribution >= 0.6 is 0 Å². The van der Waals surface area contributed by atoms with Gasteiger partial charge >= 0.3 is 0 Å². The third kappa shape index (κ3) is 12.7. The second-order valence-electron chi connectivity index (χ2n) is 11.8. The number of fused-ring (bicyclic) bond motifs is 1. The van der Waals surface area contributed by atoms with Crippen LogP contribution in [0, 0.1) is 0 Å². The molecule has 4 rings (SSSR count). The molecule has 2 aliphatic rings. The van der Waals surface area contributed by atoms with E-state index in [1.165, 1.54) is 13.8 Å². The number of ether oxygens (including phenoxy) is 3. The van der Waals surface area contributed by atoms with Crippen molar-refractivity contribution in [3.05, 3.63) is 72.1 Å². The van der Waals surface area contributed by atoms with Crippen molar-refractivity contribution in [1.29, 1.82) is 0 Å². The number of pyridine rings is 2. The van der Waals surface area contributed by atoms with Crippen molar-refractivity contribution in [2.75, 3.05) is 39.8 Å². The van der Waals surface area contributed by atoms with Gasteiger partial charge in [0.2, 0.25) is 0 Å². The molecule has 2 aromatic rings. The van der Waals surface area contributed by atoms with Crippen molar-refractivity contribution in [3.63, 3.8) is 0 Å². The molecule has 6 N–H and O–H groups in total. The molecule has 0 spiro atoms. The summed E-state index contributed by atoms with van der Waals surface area (Å²) in [5.74, 6) is 4.19. The van der Waals surface area contributed by atoms with Gasteiger partial charge in [-0.2, -0.15) is 0 Å². The Balaban J connectivity index is 0.000000892. The summed E-state index contributed by atoms with van der Waals surface area (Å²) in [5, 5.41) is 17.7. The van der Waals surface area contributed by atoms with Gasteiger partial charge in [0.05, 0.1) is 24.0 Å². The summed E-state index contributed by atoms with van der Waals surface area (Å²) in [6.45, 7) is 11.3. The molecule has 3 atom stereocenters. The SMILES string of the molecule is CC(C)(O)O.CN(CCN(Cc1ccccn1)Cc1ccccn1)C/C(N)=C/N(N)C[C@H]1OCC[C@H]2OC(C)(C)O[C@@H]12. The topological polar surface area (TPSA) is 156 Å². The van der Waals surface area contributed by atoms with E-state index in [1.54, 1.807) is 11.2 Å². The number of hydrazine groups is 1. The van der Waals surface area contributed by atoms with Gasteiger partial charge in [0.25, 0.3) is 0 Å². The lowest BCUT2D eigenvalue weighted by atomic mass is 10.0. The maximum Gasteiger partial charge on any atom is 0.163 e. The van der Waals surface area contributed by atoms with Crippen molar-refractivity contribution in [1.82, 2.24) is 24.8 Å². The first-order valence-electron chi connectivity index (χ1n) is 14.4. The standard InChI is InChI=1S/C27H41N7O3.C3H8O2/c1-27(2)36-24-10-15-35-25(26(24)37-27)20-34(29)17-21(28)16-32(3)13-14-33(18-22-8-4-6-11-30-22)19-23-9-5-7-12-31-23;1-3(2,4)5/h4-9,11-12,17,24-26H,10,13-16,18-20,28-29H2,1-3H3;4-5H,1-2H3/b21-17-;/t24-,25-,26-;/m1./s1. The monoisotopic (exact) mass is 587 g/mol. The zero-order valence-corrected chi connectivity index (χ0v) is 25.6. The summed E-state index contributed by atoms with van der Waals surface area (Å²) in [5.41, 5.74) is 9.10. The third-order valence-electron chi connectivity index (χ3n) is 6.52. The Hall–Kier alpha value is -2.68. The van der Waals surface area contributed by atoms with E-state index in [1.807, 2.05) is 62.6 Å². The van der Waals surface area contributed by atoms with Crippen LogP contribution in [0.4, 0.5) is 0 Å². The number of likely N-dealkylation sites (N-methyl/N-ethyl adjacent to an activating group) is 1. The molecule has 0 amide bonds. The molecule has 2 fully saturated rings. The Kier molecular flexibility index (Phi) is 12.6. The van der Waals surface area contributed by atoms with Gasteiger partial charge in [-0.15, -0.1) is 0 Å². The van der Waals surface area contributed by atoms with Crippen molar-refractivity contribution in [3.8, 4) is 0 Å². The maximum atomic E-state index is 8.08. The maximum absolute atomic E-state index is 8.08. The van der Waals surface area contributed by atoms with E-state index < -0.39 is 11.6 Å². The molecule has 0 radical (unpaired) electrons. The van der Waals surface area contributed by atoms with E-state index in [2.05, 4.69) is 26.8 Å². The molecular weight excluding hydrogens is 538 g/mol. The van der Waals surface area contributed by atoms with Crippen LogP contribution in [0.1, 0.15) is 45.5 Å². The van der Waals surface area contributed by atoms with Crippen LogP contribution in [-0.4, -0.2) is 105 Å². The lowest BCUT2D eigenvalue weighted by molar-refractivity contribution is -0.155. The minimum Gasteiger partial charge on any atom is -0.400 e. The lowest BCUT2D eigenvalue weighted by Crippen LogP contribution is -2.49. The summed E-state index contributed by atoms with van der Waals surface area (Å²) in [6.07, 6.45) is 6.01. The fraction of sp³-hybridized carbons (Fsp3) is 0.600. The first kappa shape index (κ1) is 33.8. The molecule has 2 aliphatic heterocycles. The number of hydrogen-bond donors (Lipinski definition) is 4. The van der Waals surface area contributed by atoms with E-state index in [9.17, 15) is 0 Å². The van der Waals surface area contributed by atoms with Crippen LogP contribution < -0.4 is 11.6 Å². The minimum absolute atomic E-state index is 0.0368. The number of nitrogens with two attached hydrogens (primary N) is 2. The molecule has 234 valence electrons. The van der Waals surface area contributed by atoms with Gasteiger partial charge < -0.3 is 35.2 Å². The van der Waals surface area contributed by atoms with E-state index in [0.29, 0.717) is 25.4 Å². The molecule has 12 nitrogen and oxygen atoms in total. The highest BCUT2D eigenvalue weighted by molar-refractivity contribution is 5.06. The summed E-state index contributed by atoms with van der Waals surface area (Å²) < 4.78 is 18.0. The fourth-order valence-electron chi connectivity index (χ4n) is 4.86. The third-order valence-corrected chi connectivity index (χ3v) is 6.52. The first-order chi connectivity index (χ1) is 19.8. The van der Waals surface area contributed by atoms with Gasteiger partial charge in [-0.25, -0.2) is 5.84 Å². The molecule has 0 aromatic carbocycles. The zero-order valence-electron chi connectivity index (χ0n) is 25.6. The number of aliphatic hydroxyl groups is 2. The van der Waals surface area contributed by atoms with Crippen LogP contribution in [0.3, 0.4) is 0 Å². The highest BCUT2D eigenvalue weighted by Crippen LogP contribution is 2.35. The first-order valence-corrected chi connectivity index (χ1v) is 14.4. The average molecular weight is 588 g/mol. The van der Waals surface area contributed by atoms with Crippen molar-refractivity contribution in [2.45, 2.75) is 77.1 Å². The van der Waals surface area contributed by atoms with Gasteiger partial charge in [-0.05, 0) is 65.4 Å². The molecule has 12 heteroatoms.